The van der Waals surface area contributed by atoms with Gasteiger partial charge < -0.3 is 11.1 Å². The first-order chi connectivity index (χ1) is 12.1. The van der Waals surface area contributed by atoms with Crippen LogP contribution in [0.1, 0.15) is 37.8 Å². The first kappa shape index (κ1) is 15.8. The summed E-state index contributed by atoms with van der Waals surface area (Å²) in [4.78, 5) is 20.5. The molecule has 1 amide bonds. The van der Waals surface area contributed by atoms with E-state index in [9.17, 15) is 4.79 Å². The number of nitrogens with two attached hydrogens (primary N) is 1. The van der Waals surface area contributed by atoms with Crippen LogP contribution >= 0.6 is 0 Å². The molecule has 1 saturated carbocycles. The number of hydrogen-bond acceptors (Lipinski definition) is 5. The van der Waals surface area contributed by atoms with Crippen molar-refractivity contribution >= 4 is 33.7 Å². The predicted octanol–water partition coefficient (Wildman–Crippen LogP) is 2.29. The molecular formula is C18H22N6O. The molecule has 1 aromatic carbocycles. The van der Waals surface area contributed by atoms with E-state index < -0.39 is 0 Å². The maximum atomic E-state index is 11.3. The molecule has 2 heterocycles. The Morgan fingerprint density at radius 1 is 1.32 bits per heavy atom. The number of nitrogens with zero attached hydrogens (tertiary/aromatic N) is 4. The number of aryl methyl sites for hydroxylation is 1. The largest absolute Gasteiger partial charge is 0.369 e. The van der Waals surface area contributed by atoms with Crippen LogP contribution in [0.15, 0.2) is 18.3 Å². The average Bonchev–Trinajstić information content (AvgIpc) is 2.91. The molecule has 130 valence electrons. The van der Waals surface area contributed by atoms with Gasteiger partial charge in [-0.3, -0.25) is 9.48 Å². The topological polar surface area (TPSA) is 98.7 Å². The number of benzene rings is 1. The fourth-order valence-corrected chi connectivity index (χ4v) is 3.72. The van der Waals surface area contributed by atoms with Gasteiger partial charge in [0.1, 0.15) is 5.52 Å². The molecule has 0 spiro atoms. The molecule has 0 saturated heterocycles. The Kier molecular flexibility index (Phi) is 3.99. The molecule has 3 aromatic rings. The van der Waals surface area contributed by atoms with Crippen LogP contribution in [0.2, 0.25) is 0 Å². The zero-order valence-electron chi connectivity index (χ0n) is 14.3. The summed E-state index contributed by atoms with van der Waals surface area (Å²) in [5, 5.41) is 9.80. The number of nitrogens with one attached hydrogen (secondary N) is 1. The lowest BCUT2D eigenvalue weighted by molar-refractivity contribution is -0.117. The van der Waals surface area contributed by atoms with Crippen molar-refractivity contribution in [2.24, 2.45) is 12.8 Å². The van der Waals surface area contributed by atoms with Gasteiger partial charge in [-0.05, 0) is 12.8 Å². The van der Waals surface area contributed by atoms with Crippen molar-refractivity contribution < 1.29 is 4.79 Å². The van der Waals surface area contributed by atoms with Crippen molar-refractivity contribution in [1.29, 1.82) is 0 Å². The molecule has 0 radical (unpaired) electrons. The number of rotatable bonds is 4. The van der Waals surface area contributed by atoms with Crippen LogP contribution in [0, 0.1) is 0 Å². The highest BCUT2D eigenvalue weighted by molar-refractivity contribution is 6.04. The molecule has 1 fully saturated rings. The zero-order chi connectivity index (χ0) is 17.4. The van der Waals surface area contributed by atoms with E-state index in [2.05, 4.69) is 15.4 Å². The smallest absolute Gasteiger partial charge is 0.223 e. The fraction of sp³-hybridized carbons (Fsp3) is 0.444. The van der Waals surface area contributed by atoms with Crippen LogP contribution in [-0.2, 0) is 18.3 Å². The van der Waals surface area contributed by atoms with E-state index in [1.807, 2.05) is 25.4 Å². The van der Waals surface area contributed by atoms with Gasteiger partial charge in [-0.1, -0.05) is 31.4 Å². The number of carbonyl (C=O) groups excluding carboxylic acids is 1. The van der Waals surface area contributed by atoms with Gasteiger partial charge >= 0.3 is 0 Å². The van der Waals surface area contributed by atoms with Crippen LogP contribution in [0.4, 0.5) is 5.95 Å². The van der Waals surface area contributed by atoms with Gasteiger partial charge in [0, 0.05) is 30.1 Å². The number of primary amides is 1. The van der Waals surface area contributed by atoms with Gasteiger partial charge in [0.25, 0.3) is 0 Å². The number of hydrogen-bond donors (Lipinski definition) is 2. The van der Waals surface area contributed by atoms with Crippen LogP contribution in [0.5, 0.6) is 0 Å². The SMILES string of the molecule is Cn1nc(CC(N)=O)c2ccc3cnc(NC4CCCCC4)nc3c21. The summed E-state index contributed by atoms with van der Waals surface area (Å²) in [6, 6.07) is 4.37. The summed E-state index contributed by atoms with van der Waals surface area (Å²) in [5.41, 5.74) is 7.78. The van der Waals surface area contributed by atoms with Crippen molar-refractivity contribution in [2.45, 2.75) is 44.6 Å². The lowest BCUT2D eigenvalue weighted by atomic mass is 9.96. The second kappa shape index (κ2) is 6.31. The molecule has 0 unspecified atom stereocenters. The minimum Gasteiger partial charge on any atom is -0.369 e. The van der Waals surface area contributed by atoms with Crippen LogP contribution < -0.4 is 11.1 Å². The Labute approximate surface area is 145 Å². The molecule has 25 heavy (non-hydrogen) atoms. The second-order valence-corrected chi connectivity index (χ2v) is 6.79. The number of anilines is 1. The molecule has 3 N–H and O–H groups in total. The number of fused-ring (bicyclic) bond motifs is 3. The van der Waals surface area contributed by atoms with Gasteiger partial charge in [-0.25, -0.2) is 9.97 Å². The Balaban J connectivity index is 1.77. The van der Waals surface area contributed by atoms with E-state index in [-0.39, 0.29) is 12.3 Å². The van der Waals surface area contributed by atoms with Crippen molar-refractivity contribution in [3.8, 4) is 0 Å². The summed E-state index contributed by atoms with van der Waals surface area (Å²) < 4.78 is 1.77. The molecular weight excluding hydrogens is 316 g/mol. The summed E-state index contributed by atoms with van der Waals surface area (Å²) in [6.07, 6.45) is 8.13. The third-order valence-electron chi connectivity index (χ3n) is 4.91. The Morgan fingerprint density at radius 2 is 2.12 bits per heavy atom. The molecule has 1 aliphatic carbocycles. The summed E-state index contributed by atoms with van der Waals surface area (Å²) in [6.45, 7) is 0. The Morgan fingerprint density at radius 3 is 2.88 bits per heavy atom. The summed E-state index contributed by atoms with van der Waals surface area (Å²) in [5.74, 6) is 0.270. The number of aromatic nitrogens is 4. The van der Waals surface area contributed by atoms with E-state index in [4.69, 9.17) is 10.7 Å². The number of carbonyl (C=O) groups is 1. The lowest BCUT2D eigenvalue weighted by Crippen LogP contribution is -2.23. The lowest BCUT2D eigenvalue weighted by Gasteiger charge is -2.22. The van der Waals surface area contributed by atoms with E-state index in [1.54, 1.807) is 4.68 Å². The first-order valence-electron chi connectivity index (χ1n) is 8.78. The maximum absolute atomic E-state index is 11.3. The van der Waals surface area contributed by atoms with Crippen LogP contribution in [0.25, 0.3) is 21.8 Å². The minimum absolute atomic E-state index is 0.126. The first-order valence-corrected chi connectivity index (χ1v) is 8.78. The molecule has 0 atom stereocenters. The van der Waals surface area contributed by atoms with Gasteiger partial charge in [-0.15, -0.1) is 0 Å². The standard InChI is InChI=1S/C18H22N6O/c1-24-17-13(14(23-24)9-15(19)25)8-7-11-10-20-18(22-16(11)17)21-12-5-3-2-4-6-12/h7-8,10,12H,2-6,9H2,1H3,(H2,19,25)(H,20,21,22). The normalized spacial score (nSPS) is 15.7. The molecule has 1 aliphatic rings. The predicted molar refractivity (Wildman–Crippen MR) is 97.2 cm³/mol. The molecule has 7 heteroatoms. The summed E-state index contributed by atoms with van der Waals surface area (Å²) in [7, 11) is 1.86. The minimum atomic E-state index is -0.387. The molecule has 0 bridgehead atoms. The number of amides is 1. The van der Waals surface area contributed by atoms with Gasteiger partial charge in [-0.2, -0.15) is 5.10 Å². The molecule has 0 aliphatic heterocycles. The highest BCUT2D eigenvalue weighted by Crippen LogP contribution is 2.27. The van der Waals surface area contributed by atoms with Crippen LogP contribution in [0.3, 0.4) is 0 Å². The fourth-order valence-electron chi connectivity index (χ4n) is 3.72. The third-order valence-corrected chi connectivity index (χ3v) is 4.91. The van der Waals surface area contributed by atoms with E-state index in [1.165, 1.54) is 32.1 Å². The van der Waals surface area contributed by atoms with E-state index in [0.29, 0.717) is 17.7 Å². The van der Waals surface area contributed by atoms with Crippen molar-refractivity contribution in [2.75, 3.05) is 5.32 Å². The van der Waals surface area contributed by atoms with Crippen molar-refractivity contribution in [1.82, 2.24) is 19.7 Å². The maximum Gasteiger partial charge on any atom is 0.223 e. The highest BCUT2D eigenvalue weighted by atomic mass is 16.1. The molecule has 2 aromatic heterocycles. The summed E-state index contributed by atoms with van der Waals surface area (Å²) >= 11 is 0. The van der Waals surface area contributed by atoms with Crippen molar-refractivity contribution in [3.63, 3.8) is 0 Å². The quantitative estimate of drug-likeness (QED) is 0.760. The van der Waals surface area contributed by atoms with Gasteiger partial charge in [0.15, 0.2) is 0 Å². The van der Waals surface area contributed by atoms with Gasteiger partial charge in [0.05, 0.1) is 17.6 Å². The monoisotopic (exact) mass is 338 g/mol. The highest BCUT2D eigenvalue weighted by Gasteiger charge is 2.17. The second-order valence-electron chi connectivity index (χ2n) is 6.79. The Bertz CT molecular complexity index is 942. The van der Waals surface area contributed by atoms with E-state index in [0.717, 1.165) is 21.8 Å². The van der Waals surface area contributed by atoms with Crippen LogP contribution in [-0.4, -0.2) is 31.7 Å². The zero-order valence-corrected chi connectivity index (χ0v) is 14.3. The van der Waals surface area contributed by atoms with Crippen molar-refractivity contribution in [3.05, 3.63) is 24.0 Å². The Hall–Kier alpha value is -2.70. The van der Waals surface area contributed by atoms with E-state index >= 15 is 0 Å². The molecule has 4 rings (SSSR count). The average molecular weight is 338 g/mol. The molecule has 7 nitrogen and oxygen atoms in total. The third kappa shape index (κ3) is 3.01. The van der Waals surface area contributed by atoms with Gasteiger partial charge in [0.2, 0.25) is 11.9 Å².